The Bertz CT molecular complexity index is 392. The molecule has 2 N–H and O–H groups in total. The quantitative estimate of drug-likeness (QED) is 0.796. The lowest BCUT2D eigenvalue weighted by molar-refractivity contribution is -0.120. The summed E-state index contributed by atoms with van der Waals surface area (Å²) in [7, 11) is 0. The van der Waals surface area contributed by atoms with Crippen LogP contribution in [0.3, 0.4) is 0 Å². The molecule has 0 saturated carbocycles. The van der Waals surface area contributed by atoms with Crippen LogP contribution in [0.2, 0.25) is 0 Å². The van der Waals surface area contributed by atoms with Crippen molar-refractivity contribution < 1.29 is 4.79 Å². The molecule has 1 aromatic rings. The zero-order valence-electron chi connectivity index (χ0n) is 11.5. The third-order valence-corrected chi connectivity index (χ3v) is 2.61. The van der Waals surface area contributed by atoms with Crippen molar-refractivity contribution in [1.29, 1.82) is 0 Å². The monoisotopic (exact) mass is 250 g/mol. The maximum Gasteiger partial charge on any atom is 0.233 e. The molecule has 0 radical (unpaired) electrons. The standard InChI is InChI=1S/C13H22N4O/c1-9(2)7-17-12(18)8-16-11(4)13-10(3)14-5-6-15-13/h5-6,9,11,16H,7-8H2,1-4H3,(H,17,18). The molecule has 5 nitrogen and oxygen atoms in total. The van der Waals surface area contributed by atoms with Crippen LogP contribution in [0.4, 0.5) is 0 Å². The minimum atomic E-state index is 0.0112. The van der Waals surface area contributed by atoms with Crippen LogP contribution in [0.15, 0.2) is 12.4 Å². The van der Waals surface area contributed by atoms with E-state index in [0.717, 1.165) is 11.4 Å². The topological polar surface area (TPSA) is 66.9 Å². The number of carbonyl (C=O) groups is 1. The summed E-state index contributed by atoms with van der Waals surface area (Å²) < 4.78 is 0. The molecule has 0 saturated heterocycles. The molecule has 0 aromatic carbocycles. The molecule has 0 aliphatic carbocycles. The Morgan fingerprint density at radius 3 is 2.56 bits per heavy atom. The summed E-state index contributed by atoms with van der Waals surface area (Å²) in [5.41, 5.74) is 1.77. The number of aromatic nitrogens is 2. The van der Waals surface area contributed by atoms with Crippen molar-refractivity contribution in [2.24, 2.45) is 5.92 Å². The average Bonchev–Trinajstić information content (AvgIpc) is 2.34. The first-order valence-corrected chi connectivity index (χ1v) is 6.28. The smallest absolute Gasteiger partial charge is 0.233 e. The van der Waals surface area contributed by atoms with Gasteiger partial charge in [0.1, 0.15) is 0 Å². The van der Waals surface area contributed by atoms with Gasteiger partial charge in [0.2, 0.25) is 5.91 Å². The van der Waals surface area contributed by atoms with Crippen LogP contribution in [-0.4, -0.2) is 29.0 Å². The van der Waals surface area contributed by atoms with Crippen LogP contribution in [0.1, 0.15) is 38.2 Å². The summed E-state index contributed by atoms with van der Waals surface area (Å²) >= 11 is 0. The highest BCUT2D eigenvalue weighted by Gasteiger charge is 2.11. The molecule has 0 spiro atoms. The van der Waals surface area contributed by atoms with Crippen LogP contribution in [0, 0.1) is 12.8 Å². The fourth-order valence-electron chi connectivity index (χ4n) is 1.57. The van der Waals surface area contributed by atoms with Gasteiger partial charge in [0, 0.05) is 25.0 Å². The summed E-state index contributed by atoms with van der Waals surface area (Å²) in [5.74, 6) is 0.478. The molecule has 0 aliphatic rings. The van der Waals surface area contributed by atoms with E-state index < -0.39 is 0 Å². The van der Waals surface area contributed by atoms with Gasteiger partial charge in [0.15, 0.2) is 0 Å². The van der Waals surface area contributed by atoms with Gasteiger partial charge in [-0.15, -0.1) is 0 Å². The molecule has 1 amide bonds. The van der Waals surface area contributed by atoms with Gasteiger partial charge in [-0.25, -0.2) is 0 Å². The van der Waals surface area contributed by atoms with E-state index in [9.17, 15) is 4.79 Å². The molecule has 1 atom stereocenters. The van der Waals surface area contributed by atoms with Crippen LogP contribution in [0.5, 0.6) is 0 Å². The zero-order valence-corrected chi connectivity index (χ0v) is 11.5. The summed E-state index contributed by atoms with van der Waals surface area (Å²) in [4.78, 5) is 20.0. The van der Waals surface area contributed by atoms with Crippen molar-refractivity contribution in [2.45, 2.75) is 33.7 Å². The predicted molar refractivity (Wildman–Crippen MR) is 71.0 cm³/mol. The lowest BCUT2D eigenvalue weighted by Crippen LogP contribution is -2.37. The summed E-state index contributed by atoms with van der Waals surface area (Å²) in [6.45, 7) is 9.04. The first kappa shape index (κ1) is 14.6. The van der Waals surface area contributed by atoms with E-state index in [4.69, 9.17) is 0 Å². The minimum Gasteiger partial charge on any atom is -0.355 e. The number of aryl methyl sites for hydroxylation is 1. The fourth-order valence-corrected chi connectivity index (χ4v) is 1.57. The van der Waals surface area contributed by atoms with Crippen molar-refractivity contribution >= 4 is 5.91 Å². The van der Waals surface area contributed by atoms with E-state index >= 15 is 0 Å². The van der Waals surface area contributed by atoms with E-state index in [1.165, 1.54) is 0 Å². The molecule has 5 heteroatoms. The summed E-state index contributed by atoms with van der Waals surface area (Å²) in [6, 6.07) is 0.0171. The number of hydrogen-bond donors (Lipinski definition) is 2. The highest BCUT2D eigenvalue weighted by molar-refractivity contribution is 5.78. The van der Waals surface area contributed by atoms with E-state index in [0.29, 0.717) is 19.0 Å². The van der Waals surface area contributed by atoms with Crippen LogP contribution < -0.4 is 10.6 Å². The van der Waals surface area contributed by atoms with E-state index in [1.807, 2.05) is 13.8 Å². The molecule has 1 unspecified atom stereocenters. The van der Waals surface area contributed by atoms with Gasteiger partial charge in [-0.05, 0) is 19.8 Å². The second kappa shape index (κ2) is 7.06. The number of nitrogens with zero attached hydrogens (tertiary/aromatic N) is 2. The van der Waals surface area contributed by atoms with Crippen molar-refractivity contribution in [3.63, 3.8) is 0 Å². The third kappa shape index (κ3) is 4.79. The van der Waals surface area contributed by atoms with Crippen LogP contribution >= 0.6 is 0 Å². The molecule has 1 heterocycles. The molecular formula is C13H22N4O. The average molecular weight is 250 g/mol. The molecule has 100 valence electrons. The Morgan fingerprint density at radius 1 is 1.28 bits per heavy atom. The van der Waals surface area contributed by atoms with E-state index in [-0.39, 0.29) is 11.9 Å². The maximum atomic E-state index is 11.6. The Labute approximate surface area is 108 Å². The molecule has 1 aromatic heterocycles. The molecule has 18 heavy (non-hydrogen) atoms. The first-order valence-electron chi connectivity index (χ1n) is 6.28. The number of carbonyl (C=O) groups excluding carboxylic acids is 1. The number of amides is 1. The Morgan fingerprint density at radius 2 is 1.94 bits per heavy atom. The zero-order chi connectivity index (χ0) is 13.5. The van der Waals surface area contributed by atoms with Gasteiger partial charge in [0.25, 0.3) is 0 Å². The van der Waals surface area contributed by atoms with E-state index in [1.54, 1.807) is 12.4 Å². The largest absolute Gasteiger partial charge is 0.355 e. The van der Waals surface area contributed by atoms with Crippen molar-refractivity contribution in [3.8, 4) is 0 Å². The van der Waals surface area contributed by atoms with Crippen LogP contribution in [-0.2, 0) is 4.79 Å². The van der Waals surface area contributed by atoms with Gasteiger partial charge >= 0.3 is 0 Å². The van der Waals surface area contributed by atoms with E-state index in [2.05, 4.69) is 34.4 Å². The SMILES string of the molecule is Cc1nccnc1C(C)NCC(=O)NCC(C)C. The minimum absolute atomic E-state index is 0.0112. The van der Waals surface area contributed by atoms with Crippen LogP contribution in [0.25, 0.3) is 0 Å². The Hall–Kier alpha value is -1.49. The molecule has 1 rings (SSSR count). The normalized spacial score (nSPS) is 12.5. The molecular weight excluding hydrogens is 228 g/mol. The van der Waals surface area contributed by atoms with Crippen molar-refractivity contribution in [2.75, 3.05) is 13.1 Å². The summed E-state index contributed by atoms with van der Waals surface area (Å²) in [5, 5.41) is 6.01. The van der Waals surface area contributed by atoms with Gasteiger partial charge in [-0.1, -0.05) is 13.8 Å². The lowest BCUT2D eigenvalue weighted by Gasteiger charge is -2.15. The Kier molecular flexibility index (Phi) is 5.71. The first-order chi connectivity index (χ1) is 8.50. The maximum absolute atomic E-state index is 11.6. The third-order valence-electron chi connectivity index (χ3n) is 2.61. The second-order valence-corrected chi connectivity index (χ2v) is 4.83. The Balaban J connectivity index is 2.39. The fraction of sp³-hybridized carbons (Fsp3) is 0.615. The van der Waals surface area contributed by atoms with Crippen molar-refractivity contribution in [1.82, 2.24) is 20.6 Å². The van der Waals surface area contributed by atoms with Gasteiger partial charge in [-0.2, -0.15) is 0 Å². The second-order valence-electron chi connectivity index (χ2n) is 4.83. The number of nitrogens with one attached hydrogen (secondary N) is 2. The van der Waals surface area contributed by atoms with Crippen molar-refractivity contribution in [3.05, 3.63) is 23.8 Å². The number of hydrogen-bond acceptors (Lipinski definition) is 4. The van der Waals surface area contributed by atoms with Gasteiger partial charge < -0.3 is 10.6 Å². The highest BCUT2D eigenvalue weighted by Crippen LogP contribution is 2.10. The molecule has 0 bridgehead atoms. The number of rotatable bonds is 6. The molecule has 0 fully saturated rings. The lowest BCUT2D eigenvalue weighted by atomic mass is 10.2. The van der Waals surface area contributed by atoms with Gasteiger partial charge in [-0.3, -0.25) is 14.8 Å². The molecule has 0 aliphatic heterocycles. The van der Waals surface area contributed by atoms with Gasteiger partial charge in [0.05, 0.1) is 17.9 Å². The highest BCUT2D eigenvalue weighted by atomic mass is 16.1. The summed E-state index contributed by atoms with van der Waals surface area (Å²) in [6.07, 6.45) is 3.33. The predicted octanol–water partition coefficient (Wildman–Crippen LogP) is 1.21.